The fraction of sp³-hybridized carbons (Fsp3) is 0.500. The van der Waals surface area contributed by atoms with Crippen molar-refractivity contribution in [3.8, 4) is 0 Å². The van der Waals surface area contributed by atoms with Crippen molar-refractivity contribution in [3.05, 3.63) is 48.0 Å². The van der Waals surface area contributed by atoms with Gasteiger partial charge < -0.3 is 5.32 Å². The smallest absolute Gasteiger partial charge is 0.141 e. The van der Waals surface area contributed by atoms with E-state index < -0.39 is 0 Å². The number of benzene rings is 1. The summed E-state index contributed by atoms with van der Waals surface area (Å²) < 4.78 is 2.02. The van der Waals surface area contributed by atoms with Crippen molar-refractivity contribution in [1.29, 1.82) is 0 Å². The first-order valence-electron chi connectivity index (χ1n) is 7.64. The first kappa shape index (κ1) is 14.2. The molecule has 0 amide bonds. The van der Waals surface area contributed by atoms with Gasteiger partial charge in [-0.2, -0.15) is 5.10 Å². The molecule has 112 valence electrons. The number of nitrogens with one attached hydrogen (secondary N) is 1. The maximum atomic E-state index is 4.45. The Balaban J connectivity index is 1.80. The molecule has 1 aliphatic heterocycles. The fourth-order valence-electron chi connectivity index (χ4n) is 2.94. The van der Waals surface area contributed by atoms with Gasteiger partial charge in [0.1, 0.15) is 12.2 Å². The second kappa shape index (κ2) is 6.37. The van der Waals surface area contributed by atoms with Crippen molar-refractivity contribution >= 4 is 0 Å². The molecule has 2 heterocycles. The Morgan fingerprint density at radius 3 is 2.86 bits per heavy atom. The van der Waals surface area contributed by atoms with Crippen LogP contribution in [0.1, 0.15) is 37.3 Å². The lowest BCUT2D eigenvalue weighted by Crippen LogP contribution is -2.45. The van der Waals surface area contributed by atoms with Crippen LogP contribution in [0.2, 0.25) is 0 Å². The molecule has 1 N–H and O–H groups in total. The zero-order valence-corrected chi connectivity index (χ0v) is 12.7. The number of nitrogens with zero attached hydrogens (tertiary/aromatic N) is 4. The van der Waals surface area contributed by atoms with Crippen LogP contribution >= 0.6 is 0 Å². The van der Waals surface area contributed by atoms with E-state index >= 15 is 0 Å². The lowest BCUT2D eigenvalue weighted by atomic mass is 10.0. The topological polar surface area (TPSA) is 46.0 Å². The first-order chi connectivity index (χ1) is 10.3. The largest absolute Gasteiger partial charge is 0.314 e. The van der Waals surface area contributed by atoms with E-state index in [-0.39, 0.29) is 0 Å². The van der Waals surface area contributed by atoms with Gasteiger partial charge in [-0.25, -0.2) is 9.67 Å². The predicted octanol–water partition coefficient (Wildman–Crippen LogP) is 2.01. The third-order valence-electron chi connectivity index (χ3n) is 4.02. The summed E-state index contributed by atoms with van der Waals surface area (Å²) in [6, 6.07) is 11.4. The highest BCUT2D eigenvalue weighted by atomic mass is 15.4. The summed E-state index contributed by atoms with van der Waals surface area (Å²) in [5.41, 5.74) is 1.36. The second-order valence-corrected chi connectivity index (χ2v) is 5.82. The van der Waals surface area contributed by atoms with Gasteiger partial charge in [0.2, 0.25) is 0 Å². The van der Waals surface area contributed by atoms with Gasteiger partial charge >= 0.3 is 0 Å². The zero-order valence-electron chi connectivity index (χ0n) is 12.7. The minimum atomic E-state index is 0.348. The van der Waals surface area contributed by atoms with E-state index in [0.717, 1.165) is 32.0 Å². The molecule has 1 unspecified atom stereocenters. The fourth-order valence-corrected chi connectivity index (χ4v) is 2.94. The highest BCUT2D eigenvalue weighted by Gasteiger charge is 2.25. The molecule has 5 heteroatoms. The average molecular weight is 285 g/mol. The predicted molar refractivity (Wildman–Crippen MR) is 82.9 cm³/mol. The molecule has 21 heavy (non-hydrogen) atoms. The van der Waals surface area contributed by atoms with Gasteiger partial charge in [0, 0.05) is 31.7 Å². The minimum Gasteiger partial charge on any atom is -0.314 e. The van der Waals surface area contributed by atoms with E-state index in [0.29, 0.717) is 12.1 Å². The Labute approximate surface area is 126 Å². The summed E-state index contributed by atoms with van der Waals surface area (Å²) in [6.45, 7) is 8.18. The van der Waals surface area contributed by atoms with Crippen molar-refractivity contribution in [2.75, 3.05) is 19.6 Å². The van der Waals surface area contributed by atoms with Crippen LogP contribution in [0, 0.1) is 0 Å². The number of aromatic nitrogens is 3. The van der Waals surface area contributed by atoms with Gasteiger partial charge in [-0.1, -0.05) is 30.3 Å². The normalized spacial score (nSPS) is 20.0. The summed E-state index contributed by atoms with van der Waals surface area (Å²) in [7, 11) is 0. The molecule has 1 aromatic carbocycles. The minimum absolute atomic E-state index is 0.348. The molecular weight excluding hydrogens is 262 g/mol. The monoisotopic (exact) mass is 285 g/mol. The Bertz CT molecular complexity index is 563. The standard InChI is InChI=1S/C16H23N5/c1-13(2)21-16(18-12-19-21)11-20-9-8-17-10-15(20)14-6-4-3-5-7-14/h3-7,12-13,15,17H,8-11H2,1-2H3. The van der Waals surface area contributed by atoms with E-state index in [1.54, 1.807) is 6.33 Å². The lowest BCUT2D eigenvalue weighted by molar-refractivity contribution is 0.146. The Morgan fingerprint density at radius 2 is 2.10 bits per heavy atom. The van der Waals surface area contributed by atoms with Crippen LogP contribution in [-0.4, -0.2) is 39.3 Å². The molecule has 2 aromatic rings. The van der Waals surface area contributed by atoms with Gasteiger partial charge in [-0.05, 0) is 19.4 Å². The molecule has 1 aromatic heterocycles. The third kappa shape index (κ3) is 3.14. The molecule has 0 saturated carbocycles. The van der Waals surface area contributed by atoms with Crippen LogP contribution in [0.5, 0.6) is 0 Å². The molecule has 3 rings (SSSR count). The van der Waals surface area contributed by atoms with Crippen LogP contribution < -0.4 is 5.32 Å². The van der Waals surface area contributed by atoms with Crippen LogP contribution in [-0.2, 0) is 6.54 Å². The van der Waals surface area contributed by atoms with Crippen molar-refractivity contribution < 1.29 is 0 Å². The molecule has 1 aliphatic rings. The van der Waals surface area contributed by atoms with E-state index in [1.165, 1.54) is 5.56 Å². The van der Waals surface area contributed by atoms with E-state index in [9.17, 15) is 0 Å². The van der Waals surface area contributed by atoms with Gasteiger partial charge in [-0.3, -0.25) is 4.90 Å². The Morgan fingerprint density at radius 1 is 1.29 bits per heavy atom. The van der Waals surface area contributed by atoms with Crippen molar-refractivity contribution in [2.24, 2.45) is 0 Å². The number of hydrogen-bond acceptors (Lipinski definition) is 4. The quantitative estimate of drug-likeness (QED) is 0.933. The van der Waals surface area contributed by atoms with Crippen LogP contribution in [0.25, 0.3) is 0 Å². The summed E-state index contributed by atoms with van der Waals surface area (Å²) in [5, 5.41) is 7.84. The molecule has 0 bridgehead atoms. The van der Waals surface area contributed by atoms with Gasteiger partial charge in [0.05, 0.1) is 6.54 Å². The van der Waals surface area contributed by atoms with Gasteiger partial charge in [-0.15, -0.1) is 0 Å². The Kier molecular flexibility index (Phi) is 4.31. The average Bonchev–Trinajstić information content (AvgIpc) is 2.97. The molecule has 1 fully saturated rings. The van der Waals surface area contributed by atoms with E-state index in [4.69, 9.17) is 0 Å². The van der Waals surface area contributed by atoms with Crippen LogP contribution in [0.3, 0.4) is 0 Å². The summed E-state index contributed by atoms with van der Waals surface area (Å²) in [4.78, 5) is 6.94. The van der Waals surface area contributed by atoms with Gasteiger partial charge in [0.15, 0.2) is 0 Å². The van der Waals surface area contributed by atoms with Crippen molar-refractivity contribution in [2.45, 2.75) is 32.5 Å². The number of rotatable bonds is 4. The molecule has 0 radical (unpaired) electrons. The molecule has 1 saturated heterocycles. The summed E-state index contributed by atoms with van der Waals surface area (Å²) in [6.07, 6.45) is 1.66. The van der Waals surface area contributed by atoms with Gasteiger partial charge in [0.25, 0.3) is 0 Å². The SMILES string of the molecule is CC(C)n1ncnc1CN1CCNCC1c1ccccc1. The second-order valence-electron chi connectivity index (χ2n) is 5.82. The van der Waals surface area contributed by atoms with Crippen molar-refractivity contribution in [1.82, 2.24) is 25.0 Å². The van der Waals surface area contributed by atoms with Crippen LogP contribution in [0.15, 0.2) is 36.7 Å². The lowest BCUT2D eigenvalue weighted by Gasteiger charge is -2.36. The van der Waals surface area contributed by atoms with E-state index in [1.807, 2.05) is 4.68 Å². The molecule has 0 aliphatic carbocycles. The number of piperazine rings is 1. The highest BCUT2D eigenvalue weighted by molar-refractivity contribution is 5.20. The summed E-state index contributed by atoms with van der Waals surface area (Å²) >= 11 is 0. The molecule has 1 atom stereocenters. The Hall–Kier alpha value is -1.72. The highest BCUT2D eigenvalue weighted by Crippen LogP contribution is 2.23. The zero-order chi connectivity index (χ0) is 14.7. The molecule has 5 nitrogen and oxygen atoms in total. The number of hydrogen-bond donors (Lipinski definition) is 1. The maximum absolute atomic E-state index is 4.45. The summed E-state index contributed by atoms with van der Waals surface area (Å²) in [5.74, 6) is 1.05. The van der Waals surface area contributed by atoms with Crippen molar-refractivity contribution in [3.63, 3.8) is 0 Å². The van der Waals surface area contributed by atoms with E-state index in [2.05, 4.69) is 64.5 Å². The maximum Gasteiger partial charge on any atom is 0.141 e. The third-order valence-corrected chi connectivity index (χ3v) is 4.02. The van der Waals surface area contributed by atoms with Crippen LogP contribution in [0.4, 0.5) is 0 Å². The molecule has 0 spiro atoms. The first-order valence-corrected chi connectivity index (χ1v) is 7.64. The molecular formula is C16H23N5.